The Morgan fingerprint density at radius 3 is 2.30 bits per heavy atom. The minimum absolute atomic E-state index is 0.0591. The molecule has 6 rings (SSSR count). The van der Waals surface area contributed by atoms with E-state index in [1.807, 2.05) is 54.6 Å². The van der Waals surface area contributed by atoms with E-state index in [4.69, 9.17) is 23.7 Å². The van der Waals surface area contributed by atoms with Crippen molar-refractivity contribution in [3.63, 3.8) is 0 Å². The summed E-state index contributed by atoms with van der Waals surface area (Å²) < 4.78 is 28.0. The van der Waals surface area contributed by atoms with Crippen LogP contribution in [0.2, 0.25) is 0 Å². The molecule has 1 atom stereocenters. The number of ether oxygens (including phenoxy) is 5. The van der Waals surface area contributed by atoms with Gasteiger partial charge >= 0.3 is 0 Å². The number of likely N-dealkylation sites (N-methyl/N-ethyl adjacent to an activating group) is 1. The van der Waals surface area contributed by atoms with Crippen molar-refractivity contribution >= 4 is 35.6 Å². The molecule has 0 spiro atoms. The van der Waals surface area contributed by atoms with E-state index in [0.29, 0.717) is 69.6 Å². The SMILES string of the molecule is C=C1CCC(N2C(=O)c3ccc(OCCOCCOCCOCCN(C)C(=O)Cc4cccc(CNC(=O)c5cc(/C=C/Cc6ccccc6)c(OC)cn5)c4)cc3C2=O)C(=O)N1. The average Bonchev–Trinajstić information content (AvgIpc) is 3.53. The first-order valence-electron chi connectivity index (χ1n) is 20.8. The second-order valence-electron chi connectivity index (χ2n) is 14.9. The number of pyridine rings is 1. The number of fused-ring (bicyclic) bond motifs is 1. The summed E-state index contributed by atoms with van der Waals surface area (Å²) in [6.07, 6.45) is 7.27. The molecule has 0 radical (unpaired) electrons. The van der Waals surface area contributed by atoms with Gasteiger partial charge in [0.2, 0.25) is 11.8 Å². The van der Waals surface area contributed by atoms with Gasteiger partial charge in [-0.05, 0) is 60.2 Å². The van der Waals surface area contributed by atoms with E-state index in [0.717, 1.165) is 28.0 Å². The maximum Gasteiger partial charge on any atom is 0.270 e. The third-order valence-corrected chi connectivity index (χ3v) is 10.4. The molecule has 1 saturated heterocycles. The summed E-state index contributed by atoms with van der Waals surface area (Å²) in [5.41, 5.74) is 4.90. The van der Waals surface area contributed by atoms with E-state index < -0.39 is 23.8 Å². The van der Waals surface area contributed by atoms with E-state index in [-0.39, 0.29) is 54.8 Å². The molecule has 4 aromatic rings. The topological polar surface area (TPSA) is 175 Å². The lowest BCUT2D eigenvalue weighted by Crippen LogP contribution is -2.51. The number of allylic oxidation sites excluding steroid dienone is 2. The second kappa shape index (κ2) is 23.0. The predicted molar refractivity (Wildman–Crippen MR) is 234 cm³/mol. The summed E-state index contributed by atoms with van der Waals surface area (Å²) in [6, 6.07) is 23.1. The van der Waals surface area contributed by atoms with Crippen LogP contribution in [0, 0.1) is 0 Å². The van der Waals surface area contributed by atoms with Gasteiger partial charge in [0.25, 0.3) is 17.7 Å². The van der Waals surface area contributed by atoms with Gasteiger partial charge < -0.3 is 39.2 Å². The first-order valence-corrected chi connectivity index (χ1v) is 20.8. The Labute approximate surface area is 367 Å². The molecular formula is C48H53N5O10. The molecule has 0 saturated carbocycles. The van der Waals surface area contributed by atoms with Crippen LogP contribution in [-0.2, 0) is 43.2 Å². The number of nitrogens with zero attached hydrogens (tertiary/aromatic N) is 3. The van der Waals surface area contributed by atoms with Crippen LogP contribution in [-0.4, -0.2) is 117 Å². The Morgan fingerprint density at radius 2 is 1.56 bits per heavy atom. The molecular weight excluding hydrogens is 807 g/mol. The van der Waals surface area contributed by atoms with Gasteiger partial charge in [0.1, 0.15) is 29.8 Å². The van der Waals surface area contributed by atoms with E-state index in [1.165, 1.54) is 17.7 Å². The monoisotopic (exact) mass is 859 g/mol. The Hall–Kier alpha value is -6.68. The number of hydrogen-bond donors (Lipinski definition) is 2. The Kier molecular flexibility index (Phi) is 16.7. The van der Waals surface area contributed by atoms with Gasteiger partial charge in [-0.25, -0.2) is 4.98 Å². The minimum Gasteiger partial charge on any atom is -0.495 e. The lowest BCUT2D eigenvalue weighted by Gasteiger charge is -2.29. The largest absolute Gasteiger partial charge is 0.495 e. The van der Waals surface area contributed by atoms with Crippen LogP contribution in [0.3, 0.4) is 0 Å². The molecule has 2 aliphatic rings. The van der Waals surface area contributed by atoms with Gasteiger partial charge in [-0.3, -0.25) is 28.9 Å². The van der Waals surface area contributed by atoms with Gasteiger partial charge in [-0.1, -0.05) is 73.3 Å². The molecule has 0 bridgehead atoms. The maximum atomic E-state index is 13.1. The van der Waals surface area contributed by atoms with Crippen molar-refractivity contribution in [3.05, 3.63) is 142 Å². The highest BCUT2D eigenvalue weighted by Gasteiger charge is 2.44. The standard InChI is InChI=1S/C48H53N5O10/c1-33-15-18-42(46(56)51-33)53-47(57)39-17-16-38(30-40(39)48(53)58)63-26-25-62-24-23-61-22-21-60-20-19-52(2)44(54)28-35-12-7-13-36(27-35)31-50-45(55)41-29-37(43(59-3)32-49-41)14-8-11-34-9-5-4-6-10-34/h4-10,12-14,16-17,27,29-30,32,42H,1,11,15,18-26,28,31H2,2-3H3,(H,50,55)(H,51,56)/b14-8+. The number of hydrogen-bond acceptors (Lipinski definition) is 11. The van der Waals surface area contributed by atoms with Crippen molar-refractivity contribution < 1.29 is 47.7 Å². The fraction of sp³-hybridized carbons (Fsp3) is 0.333. The lowest BCUT2D eigenvalue weighted by molar-refractivity contribution is -0.130. The van der Waals surface area contributed by atoms with Gasteiger partial charge in [-0.15, -0.1) is 0 Å². The van der Waals surface area contributed by atoms with Gasteiger partial charge in [0, 0.05) is 31.4 Å². The van der Waals surface area contributed by atoms with Crippen LogP contribution >= 0.6 is 0 Å². The van der Waals surface area contributed by atoms with Crippen molar-refractivity contribution in [3.8, 4) is 11.5 Å². The Balaban J connectivity index is 0.806. The molecule has 2 aliphatic heterocycles. The van der Waals surface area contributed by atoms with E-state index in [1.54, 1.807) is 37.4 Å². The van der Waals surface area contributed by atoms with Gasteiger partial charge in [-0.2, -0.15) is 0 Å². The molecule has 15 nitrogen and oxygen atoms in total. The second-order valence-corrected chi connectivity index (χ2v) is 14.9. The van der Waals surface area contributed by atoms with Crippen molar-refractivity contribution in [1.29, 1.82) is 0 Å². The smallest absolute Gasteiger partial charge is 0.270 e. The number of nitrogens with one attached hydrogen (secondary N) is 2. The van der Waals surface area contributed by atoms with Crippen LogP contribution < -0.4 is 20.1 Å². The quantitative estimate of drug-likeness (QED) is 0.0775. The maximum absolute atomic E-state index is 13.1. The highest BCUT2D eigenvalue weighted by Crippen LogP contribution is 2.31. The third kappa shape index (κ3) is 12.9. The number of rotatable bonds is 23. The number of imide groups is 1. The van der Waals surface area contributed by atoms with Gasteiger partial charge in [0.05, 0.1) is 70.5 Å². The van der Waals surface area contributed by atoms with E-state index in [9.17, 15) is 24.0 Å². The number of benzene rings is 3. The lowest BCUT2D eigenvalue weighted by atomic mass is 10.0. The summed E-state index contributed by atoms with van der Waals surface area (Å²) >= 11 is 0. The van der Waals surface area contributed by atoms with Crippen LogP contribution in [0.5, 0.6) is 11.5 Å². The van der Waals surface area contributed by atoms with Gasteiger partial charge in [0.15, 0.2) is 0 Å². The third-order valence-electron chi connectivity index (χ3n) is 10.4. The predicted octanol–water partition coefficient (Wildman–Crippen LogP) is 4.79. The van der Waals surface area contributed by atoms with Crippen LogP contribution in [0.15, 0.2) is 103 Å². The molecule has 2 N–H and O–H groups in total. The van der Waals surface area contributed by atoms with E-state index in [2.05, 4.69) is 34.3 Å². The number of methoxy groups -OCH3 is 1. The van der Waals surface area contributed by atoms with Crippen LogP contribution in [0.4, 0.5) is 0 Å². The minimum atomic E-state index is -0.871. The van der Waals surface area contributed by atoms with Crippen molar-refractivity contribution in [2.75, 3.05) is 67.0 Å². The van der Waals surface area contributed by atoms with Crippen molar-refractivity contribution in [2.45, 2.75) is 38.3 Å². The van der Waals surface area contributed by atoms with Crippen molar-refractivity contribution in [2.24, 2.45) is 0 Å². The fourth-order valence-corrected chi connectivity index (χ4v) is 6.96. The molecule has 63 heavy (non-hydrogen) atoms. The number of aromatic nitrogens is 1. The number of carbonyl (C=O) groups excluding carboxylic acids is 5. The number of amides is 5. The molecule has 3 aromatic carbocycles. The van der Waals surface area contributed by atoms with Crippen LogP contribution in [0.25, 0.3) is 6.08 Å². The molecule has 3 heterocycles. The Bertz CT molecular complexity index is 2300. The number of piperidine rings is 1. The molecule has 330 valence electrons. The summed E-state index contributed by atoms with van der Waals surface area (Å²) in [7, 11) is 3.30. The first kappa shape index (κ1) is 45.8. The molecule has 1 fully saturated rings. The molecule has 1 unspecified atom stereocenters. The molecule has 15 heteroatoms. The molecule has 1 aromatic heterocycles. The average molecular weight is 860 g/mol. The summed E-state index contributed by atoms with van der Waals surface area (Å²) in [5, 5.41) is 5.55. The zero-order valence-corrected chi connectivity index (χ0v) is 35.6. The zero-order valence-electron chi connectivity index (χ0n) is 35.6. The molecule has 5 amide bonds. The summed E-state index contributed by atoms with van der Waals surface area (Å²) in [6.45, 7) is 6.68. The normalized spacial score (nSPS) is 14.8. The molecule has 0 aliphatic carbocycles. The fourth-order valence-electron chi connectivity index (χ4n) is 6.96. The van der Waals surface area contributed by atoms with Crippen molar-refractivity contribution in [1.82, 2.24) is 25.4 Å². The van der Waals surface area contributed by atoms with E-state index >= 15 is 0 Å². The highest BCUT2D eigenvalue weighted by atomic mass is 16.6. The Morgan fingerprint density at radius 1 is 0.857 bits per heavy atom. The van der Waals surface area contributed by atoms with Crippen LogP contribution in [0.1, 0.15) is 66.3 Å². The number of carbonyl (C=O) groups is 5. The summed E-state index contributed by atoms with van der Waals surface area (Å²) in [5.74, 6) is -0.823. The summed E-state index contributed by atoms with van der Waals surface area (Å²) in [4.78, 5) is 71.3. The highest BCUT2D eigenvalue weighted by molar-refractivity contribution is 6.23. The first-order chi connectivity index (χ1) is 30.6. The zero-order chi connectivity index (χ0) is 44.6.